The predicted octanol–water partition coefficient (Wildman–Crippen LogP) is 6.81. The van der Waals surface area contributed by atoms with Crippen molar-refractivity contribution >= 4 is 52.8 Å². The van der Waals surface area contributed by atoms with Crippen LogP contribution in [-0.2, 0) is 19.9 Å². The number of ether oxygens (including phenoxy) is 1. The summed E-state index contributed by atoms with van der Waals surface area (Å²) in [6, 6.07) is 10.9. The molecule has 0 saturated heterocycles. The molecule has 0 radical (unpaired) electrons. The first-order chi connectivity index (χ1) is 25.9. The zero-order valence-electron chi connectivity index (χ0n) is 30.8. The summed E-state index contributed by atoms with van der Waals surface area (Å²) in [5, 5.41) is 21.2. The smallest absolute Gasteiger partial charge is 0.422 e. The number of hydrogen-bond acceptors (Lipinski definition) is 10. The fourth-order valence-corrected chi connectivity index (χ4v) is 6.75. The van der Waals surface area contributed by atoms with Gasteiger partial charge in [-0.25, -0.2) is 4.79 Å². The van der Waals surface area contributed by atoms with Crippen LogP contribution in [0.15, 0.2) is 48.5 Å². The molecule has 13 nitrogen and oxygen atoms in total. The number of nitrogens with zero attached hydrogens (tertiary/aromatic N) is 3. The summed E-state index contributed by atoms with van der Waals surface area (Å²) in [6.45, 7) is 4.87. The summed E-state index contributed by atoms with van der Waals surface area (Å²) in [5.41, 5.74) is 0.987. The van der Waals surface area contributed by atoms with Gasteiger partial charge in [-0.05, 0) is 104 Å². The van der Waals surface area contributed by atoms with Crippen molar-refractivity contribution in [3.05, 3.63) is 64.7 Å². The Morgan fingerprint density at radius 2 is 1.56 bits per heavy atom. The summed E-state index contributed by atoms with van der Waals surface area (Å²) in [7, 11) is 0. The van der Waals surface area contributed by atoms with Crippen molar-refractivity contribution in [3.63, 3.8) is 0 Å². The molecule has 2 aliphatic rings. The van der Waals surface area contributed by atoms with Gasteiger partial charge in [0, 0.05) is 29.2 Å². The molecule has 1 aromatic heterocycles. The first-order valence-corrected chi connectivity index (χ1v) is 18.5. The van der Waals surface area contributed by atoms with Crippen molar-refractivity contribution in [2.24, 2.45) is 17.3 Å². The number of ketones is 1. The molecule has 5 rings (SSSR count). The van der Waals surface area contributed by atoms with Crippen LogP contribution in [0.2, 0.25) is 5.02 Å². The maximum atomic E-state index is 13.0. The van der Waals surface area contributed by atoms with Crippen LogP contribution < -0.4 is 26.0 Å². The lowest BCUT2D eigenvalue weighted by atomic mass is 9.69. The highest BCUT2D eigenvalue weighted by Gasteiger charge is 2.45. The van der Waals surface area contributed by atoms with Gasteiger partial charge in [-0.1, -0.05) is 44.5 Å². The number of halogens is 4. The Morgan fingerprint density at radius 1 is 0.927 bits per heavy atom. The van der Waals surface area contributed by atoms with Gasteiger partial charge in [-0.15, -0.1) is 0 Å². The topological polar surface area (TPSA) is 185 Å². The van der Waals surface area contributed by atoms with Gasteiger partial charge in [-0.2, -0.15) is 28.1 Å². The van der Waals surface area contributed by atoms with Crippen LogP contribution in [0.5, 0.6) is 6.01 Å². The van der Waals surface area contributed by atoms with Crippen LogP contribution in [0.4, 0.5) is 30.8 Å². The molecule has 2 aromatic carbocycles. The van der Waals surface area contributed by atoms with Gasteiger partial charge in [-0.3, -0.25) is 14.4 Å². The number of carbonyl (C=O) groups excluding carboxylic acids is 3. The number of aromatic nitrogens is 3. The number of hydrogen-bond donors (Lipinski definition) is 5. The Hall–Kier alpha value is -4.99. The monoisotopic (exact) mass is 787 g/mol. The van der Waals surface area contributed by atoms with Crippen LogP contribution in [0.1, 0.15) is 88.1 Å². The van der Waals surface area contributed by atoms with E-state index in [0.717, 1.165) is 31.2 Å². The first-order valence-electron chi connectivity index (χ1n) is 18.1. The summed E-state index contributed by atoms with van der Waals surface area (Å²) in [6.07, 6.45) is 0.560. The molecule has 3 aromatic rings. The van der Waals surface area contributed by atoms with Crippen molar-refractivity contribution in [2.75, 3.05) is 23.8 Å². The van der Waals surface area contributed by atoms with E-state index in [9.17, 15) is 37.5 Å². The Morgan fingerprint density at radius 3 is 2.15 bits per heavy atom. The van der Waals surface area contributed by atoms with Crippen molar-refractivity contribution in [2.45, 2.75) is 89.9 Å². The number of benzene rings is 2. The highest BCUT2D eigenvalue weighted by molar-refractivity contribution is 6.36. The van der Waals surface area contributed by atoms with Crippen LogP contribution >= 0.6 is 11.6 Å². The maximum Gasteiger partial charge on any atom is 0.422 e. The predicted molar refractivity (Wildman–Crippen MR) is 198 cm³/mol. The molecule has 17 heteroatoms. The van der Waals surface area contributed by atoms with E-state index in [1.807, 2.05) is 12.1 Å². The largest absolute Gasteiger partial charge is 0.480 e. The zero-order valence-corrected chi connectivity index (χ0v) is 31.5. The summed E-state index contributed by atoms with van der Waals surface area (Å²) >= 11 is 6.03. The van der Waals surface area contributed by atoms with Gasteiger partial charge >= 0.3 is 18.2 Å². The normalized spacial score (nSPS) is 18.4. The second-order valence-electron chi connectivity index (χ2n) is 15.2. The Labute approximate surface area is 321 Å². The second-order valence-corrected chi connectivity index (χ2v) is 15.6. The fraction of sp³-hybridized carbons (Fsp3) is 0.500. The Kier molecular flexibility index (Phi) is 12.9. The van der Waals surface area contributed by atoms with Gasteiger partial charge in [0.1, 0.15) is 6.04 Å². The van der Waals surface area contributed by atoms with Crippen LogP contribution in [0, 0.1) is 17.3 Å². The van der Waals surface area contributed by atoms with Gasteiger partial charge < -0.3 is 31.1 Å². The van der Waals surface area contributed by atoms with Gasteiger partial charge in [0.25, 0.3) is 11.8 Å². The quantitative estimate of drug-likeness (QED) is 0.0961. The number of aliphatic carboxylic acids is 1. The maximum absolute atomic E-state index is 13.0. The number of carboxylic acid groups (broad SMARTS) is 1. The molecule has 0 aliphatic heterocycles. The van der Waals surface area contributed by atoms with Crippen LogP contribution in [-0.4, -0.2) is 69.0 Å². The van der Waals surface area contributed by atoms with Crippen molar-refractivity contribution in [1.29, 1.82) is 0 Å². The first kappa shape index (κ1) is 41.2. The lowest BCUT2D eigenvalue weighted by Crippen LogP contribution is -2.43. The third-order valence-corrected chi connectivity index (χ3v) is 10.3. The summed E-state index contributed by atoms with van der Waals surface area (Å²) in [5.74, 6) is -2.79. The molecule has 2 aliphatic carbocycles. The standard InChI is InChI=1S/C38H45ClF3N7O6/c1-36(2,3)24-8-4-22(5-9-24)20-29(50)31(52)43-19-16-28(32(53)54)45-30(51)23-6-14-27(15-7-23)44-33-46-34(48-35(47-33)55-21-38(40,41)42)49-37(17-18-37)25-10-12-26(39)13-11-25/h6-7,10-15,22,24,28H,4-5,8-9,16-21H2,1-3H3,(H,43,52)(H,45,51)(H,53,54)(H2,44,46,47,48,49)/t22?,24?,28-/m0/s1. The molecular weight excluding hydrogens is 743 g/mol. The molecule has 296 valence electrons. The number of Topliss-reactive ketones (excluding diaryl/α,β-unsaturated/α-hetero) is 1. The van der Waals surface area contributed by atoms with E-state index < -0.39 is 53.9 Å². The average molecular weight is 788 g/mol. The number of carbonyl (C=O) groups is 4. The molecule has 5 N–H and O–H groups in total. The Bertz CT molecular complexity index is 1840. The lowest BCUT2D eigenvalue weighted by molar-refractivity contribution is -0.154. The minimum absolute atomic E-state index is 0.0306. The minimum Gasteiger partial charge on any atom is -0.480 e. The molecule has 1 heterocycles. The van der Waals surface area contributed by atoms with Gasteiger partial charge in [0.2, 0.25) is 17.7 Å². The van der Waals surface area contributed by atoms with E-state index in [0.29, 0.717) is 29.5 Å². The summed E-state index contributed by atoms with van der Waals surface area (Å²) in [4.78, 5) is 62.2. The molecule has 0 spiro atoms. The average Bonchev–Trinajstić information content (AvgIpc) is 3.90. The second kappa shape index (κ2) is 17.2. The van der Waals surface area contributed by atoms with Gasteiger partial charge in [0.15, 0.2) is 6.61 Å². The summed E-state index contributed by atoms with van der Waals surface area (Å²) < 4.78 is 43.7. The Balaban J connectivity index is 1.15. The number of carboxylic acids is 1. The SMILES string of the molecule is CC(C)(C)C1CCC(CC(=O)C(=O)NCC[C@H](NC(=O)c2ccc(Nc3nc(NC4(c5ccc(Cl)cc5)CC4)nc(OCC(F)(F)F)n3)cc2)C(=O)O)CC1. The lowest BCUT2D eigenvalue weighted by Gasteiger charge is -2.36. The highest BCUT2D eigenvalue weighted by atomic mass is 35.5. The molecular formula is C38H45ClF3N7O6. The molecule has 2 amide bonds. The van der Waals surface area contributed by atoms with E-state index in [2.05, 4.69) is 57.0 Å². The number of alkyl halides is 3. The minimum atomic E-state index is -4.64. The van der Waals surface area contributed by atoms with E-state index in [1.54, 1.807) is 12.1 Å². The number of anilines is 3. The molecule has 55 heavy (non-hydrogen) atoms. The highest BCUT2D eigenvalue weighted by Crippen LogP contribution is 2.48. The molecule has 2 fully saturated rings. The van der Waals surface area contributed by atoms with Crippen molar-refractivity contribution < 1.29 is 42.2 Å². The van der Waals surface area contributed by atoms with Crippen LogP contribution in [0.3, 0.4) is 0 Å². The number of rotatable bonds is 16. The molecule has 0 unspecified atom stereocenters. The zero-order chi connectivity index (χ0) is 40.0. The fourth-order valence-electron chi connectivity index (χ4n) is 6.62. The van der Waals surface area contributed by atoms with E-state index in [4.69, 9.17) is 16.3 Å². The van der Waals surface area contributed by atoms with E-state index in [1.165, 1.54) is 24.3 Å². The van der Waals surface area contributed by atoms with Gasteiger partial charge in [0.05, 0.1) is 5.54 Å². The molecule has 1 atom stereocenters. The van der Waals surface area contributed by atoms with E-state index in [-0.39, 0.29) is 48.2 Å². The third kappa shape index (κ3) is 12.0. The molecule has 2 saturated carbocycles. The van der Waals surface area contributed by atoms with Crippen molar-refractivity contribution in [3.8, 4) is 6.01 Å². The molecule has 0 bridgehead atoms. The van der Waals surface area contributed by atoms with Crippen molar-refractivity contribution in [1.82, 2.24) is 25.6 Å². The number of amides is 2. The van der Waals surface area contributed by atoms with Crippen LogP contribution in [0.25, 0.3) is 0 Å². The third-order valence-electron chi connectivity index (χ3n) is 10.0. The van der Waals surface area contributed by atoms with E-state index >= 15 is 0 Å². The number of nitrogens with one attached hydrogen (secondary N) is 4.